The van der Waals surface area contributed by atoms with Crippen LogP contribution in [0.4, 0.5) is 0 Å². The van der Waals surface area contributed by atoms with Crippen LogP contribution in [-0.2, 0) is 19.4 Å². The van der Waals surface area contributed by atoms with Crippen LogP contribution in [0.1, 0.15) is 23.1 Å². The van der Waals surface area contributed by atoms with Crippen LogP contribution < -0.4 is 4.74 Å². The molecular formula is C16H15BrO. The van der Waals surface area contributed by atoms with E-state index < -0.39 is 0 Å². The normalized spacial score (nSPS) is 13.4. The van der Waals surface area contributed by atoms with Gasteiger partial charge in [0.15, 0.2) is 0 Å². The Morgan fingerprint density at radius 3 is 2.67 bits per heavy atom. The van der Waals surface area contributed by atoms with Gasteiger partial charge in [0.2, 0.25) is 0 Å². The van der Waals surface area contributed by atoms with Gasteiger partial charge >= 0.3 is 0 Å². The molecule has 0 bridgehead atoms. The van der Waals surface area contributed by atoms with Crippen LogP contribution in [0.5, 0.6) is 5.75 Å². The molecule has 2 aromatic carbocycles. The standard InChI is InChI=1S/C16H15BrO/c17-15-10-9-13-7-4-8-14(13)16(15)18-11-12-5-2-1-3-6-12/h1-3,5-6,9-10H,4,7-8,11H2. The van der Waals surface area contributed by atoms with Gasteiger partial charge in [-0.25, -0.2) is 0 Å². The molecule has 0 heterocycles. The topological polar surface area (TPSA) is 9.23 Å². The van der Waals surface area contributed by atoms with Gasteiger partial charge in [-0.15, -0.1) is 0 Å². The predicted octanol–water partition coefficient (Wildman–Crippen LogP) is 4.52. The van der Waals surface area contributed by atoms with Gasteiger partial charge in [0.1, 0.15) is 12.4 Å². The number of benzene rings is 2. The largest absolute Gasteiger partial charge is 0.487 e. The minimum Gasteiger partial charge on any atom is -0.487 e. The molecule has 0 atom stereocenters. The molecule has 0 unspecified atom stereocenters. The molecule has 0 spiro atoms. The zero-order chi connectivity index (χ0) is 12.4. The number of fused-ring (bicyclic) bond motifs is 1. The molecule has 0 aromatic heterocycles. The van der Waals surface area contributed by atoms with E-state index in [1.165, 1.54) is 29.5 Å². The Morgan fingerprint density at radius 2 is 1.83 bits per heavy atom. The van der Waals surface area contributed by atoms with Crippen LogP contribution in [0, 0.1) is 0 Å². The lowest BCUT2D eigenvalue weighted by Gasteiger charge is -2.13. The molecule has 2 aromatic rings. The first-order valence-electron chi connectivity index (χ1n) is 6.31. The van der Waals surface area contributed by atoms with Crippen LogP contribution in [-0.4, -0.2) is 0 Å². The molecule has 0 N–H and O–H groups in total. The molecular weight excluding hydrogens is 288 g/mol. The lowest BCUT2D eigenvalue weighted by molar-refractivity contribution is 0.301. The summed E-state index contributed by atoms with van der Waals surface area (Å²) >= 11 is 3.60. The van der Waals surface area contributed by atoms with Crippen molar-refractivity contribution >= 4 is 15.9 Å². The minimum atomic E-state index is 0.635. The number of aryl methyl sites for hydroxylation is 1. The number of hydrogen-bond donors (Lipinski definition) is 0. The van der Waals surface area contributed by atoms with Crippen molar-refractivity contribution in [3.63, 3.8) is 0 Å². The van der Waals surface area contributed by atoms with E-state index in [4.69, 9.17) is 4.74 Å². The lowest BCUT2D eigenvalue weighted by Crippen LogP contribution is -1.99. The fourth-order valence-corrected chi connectivity index (χ4v) is 2.98. The Hall–Kier alpha value is -1.28. The minimum absolute atomic E-state index is 0.635. The molecule has 0 amide bonds. The van der Waals surface area contributed by atoms with E-state index in [2.05, 4.69) is 40.2 Å². The molecule has 0 saturated carbocycles. The third kappa shape index (κ3) is 2.30. The third-order valence-corrected chi connectivity index (χ3v) is 4.03. The Labute approximate surface area is 116 Å². The van der Waals surface area contributed by atoms with Gasteiger partial charge in [0.25, 0.3) is 0 Å². The average molecular weight is 303 g/mol. The van der Waals surface area contributed by atoms with Gasteiger partial charge in [0, 0.05) is 0 Å². The van der Waals surface area contributed by atoms with Crippen molar-refractivity contribution in [3.05, 3.63) is 63.6 Å². The van der Waals surface area contributed by atoms with E-state index in [1.54, 1.807) is 0 Å². The van der Waals surface area contributed by atoms with Crippen molar-refractivity contribution in [1.82, 2.24) is 0 Å². The summed E-state index contributed by atoms with van der Waals surface area (Å²) in [5.74, 6) is 1.04. The zero-order valence-corrected chi connectivity index (χ0v) is 11.7. The summed E-state index contributed by atoms with van der Waals surface area (Å²) in [6, 6.07) is 14.6. The number of hydrogen-bond acceptors (Lipinski definition) is 1. The third-order valence-electron chi connectivity index (χ3n) is 3.41. The van der Waals surface area contributed by atoms with Gasteiger partial charge < -0.3 is 4.74 Å². The van der Waals surface area contributed by atoms with Gasteiger partial charge in [-0.3, -0.25) is 0 Å². The van der Waals surface area contributed by atoms with Crippen LogP contribution in [0.3, 0.4) is 0 Å². The highest BCUT2D eigenvalue weighted by Crippen LogP contribution is 2.37. The second-order valence-electron chi connectivity index (χ2n) is 4.64. The Balaban J connectivity index is 1.83. The fourth-order valence-electron chi connectivity index (χ4n) is 2.49. The van der Waals surface area contributed by atoms with E-state index in [9.17, 15) is 0 Å². The molecule has 0 saturated heterocycles. The van der Waals surface area contributed by atoms with Crippen LogP contribution in [0.25, 0.3) is 0 Å². The molecule has 0 fully saturated rings. The quantitative estimate of drug-likeness (QED) is 0.810. The monoisotopic (exact) mass is 302 g/mol. The van der Waals surface area contributed by atoms with E-state index in [1.807, 2.05) is 18.2 Å². The summed E-state index contributed by atoms with van der Waals surface area (Å²) in [7, 11) is 0. The Bertz CT molecular complexity index is 549. The van der Waals surface area contributed by atoms with Crippen molar-refractivity contribution < 1.29 is 4.74 Å². The number of halogens is 1. The molecule has 0 aliphatic heterocycles. The smallest absolute Gasteiger partial charge is 0.137 e. The maximum Gasteiger partial charge on any atom is 0.137 e. The Kier molecular flexibility index (Phi) is 3.37. The van der Waals surface area contributed by atoms with Crippen molar-refractivity contribution in [2.45, 2.75) is 25.9 Å². The summed E-state index contributed by atoms with van der Waals surface area (Å²) in [5, 5.41) is 0. The van der Waals surface area contributed by atoms with E-state index in [0.29, 0.717) is 6.61 Å². The molecule has 1 nitrogen and oxygen atoms in total. The fraction of sp³-hybridized carbons (Fsp3) is 0.250. The maximum atomic E-state index is 6.02. The van der Waals surface area contributed by atoms with Crippen LogP contribution in [0.15, 0.2) is 46.9 Å². The van der Waals surface area contributed by atoms with Crippen molar-refractivity contribution in [2.75, 3.05) is 0 Å². The molecule has 1 aliphatic rings. The van der Waals surface area contributed by atoms with Crippen molar-refractivity contribution in [3.8, 4) is 5.75 Å². The highest BCUT2D eigenvalue weighted by molar-refractivity contribution is 9.10. The van der Waals surface area contributed by atoms with E-state index in [0.717, 1.165) is 16.6 Å². The SMILES string of the molecule is Brc1ccc2c(c1OCc1ccccc1)CCC2. The molecule has 92 valence electrons. The van der Waals surface area contributed by atoms with Crippen molar-refractivity contribution in [1.29, 1.82) is 0 Å². The molecule has 3 rings (SSSR count). The van der Waals surface area contributed by atoms with Gasteiger partial charge in [-0.1, -0.05) is 36.4 Å². The van der Waals surface area contributed by atoms with E-state index >= 15 is 0 Å². The average Bonchev–Trinajstić information content (AvgIpc) is 2.87. The summed E-state index contributed by atoms with van der Waals surface area (Å²) in [6.07, 6.45) is 3.57. The molecule has 18 heavy (non-hydrogen) atoms. The van der Waals surface area contributed by atoms with Crippen molar-refractivity contribution in [2.24, 2.45) is 0 Å². The highest BCUT2D eigenvalue weighted by Gasteiger charge is 2.18. The first-order valence-corrected chi connectivity index (χ1v) is 7.11. The lowest BCUT2D eigenvalue weighted by atomic mass is 10.1. The molecule has 1 aliphatic carbocycles. The van der Waals surface area contributed by atoms with Gasteiger partial charge in [-0.2, -0.15) is 0 Å². The summed E-state index contributed by atoms with van der Waals surface area (Å²) in [6.45, 7) is 0.635. The number of rotatable bonds is 3. The summed E-state index contributed by atoms with van der Waals surface area (Å²) in [4.78, 5) is 0. The first-order chi connectivity index (χ1) is 8.84. The van der Waals surface area contributed by atoms with Crippen LogP contribution >= 0.6 is 15.9 Å². The van der Waals surface area contributed by atoms with Gasteiger partial charge in [-0.05, 0) is 57.9 Å². The summed E-state index contributed by atoms with van der Waals surface area (Å²) in [5.41, 5.74) is 4.04. The first kappa shape index (κ1) is 11.8. The van der Waals surface area contributed by atoms with E-state index in [-0.39, 0.29) is 0 Å². The Morgan fingerprint density at radius 1 is 1.00 bits per heavy atom. The second-order valence-corrected chi connectivity index (χ2v) is 5.50. The van der Waals surface area contributed by atoms with Gasteiger partial charge in [0.05, 0.1) is 4.47 Å². The summed E-state index contributed by atoms with van der Waals surface area (Å²) < 4.78 is 7.09. The second kappa shape index (κ2) is 5.15. The predicted molar refractivity (Wildman–Crippen MR) is 76.9 cm³/mol. The molecule has 0 radical (unpaired) electrons. The number of ether oxygens (including phenoxy) is 1. The molecule has 2 heteroatoms. The van der Waals surface area contributed by atoms with Crippen LogP contribution in [0.2, 0.25) is 0 Å². The zero-order valence-electron chi connectivity index (χ0n) is 10.2. The highest BCUT2D eigenvalue weighted by atomic mass is 79.9. The maximum absolute atomic E-state index is 6.02.